The lowest BCUT2D eigenvalue weighted by molar-refractivity contribution is -0.152. The van der Waals surface area contributed by atoms with Crippen LogP contribution in [0.5, 0.6) is 0 Å². The van der Waals surface area contributed by atoms with Crippen LogP contribution in [0.1, 0.15) is 34.1 Å². The molecule has 0 saturated carbocycles. The van der Waals surface area contributed by atoms with Crippen molar-refractivity contribution in [1.29, 1.82) is 0 Å². The molecule has 0 bridgehead atoms. The smallest absolute Gasteiger partial charge is 0.313 e. The number of hydrogen-bond acceptors (Lipinski definition) is 3. The summed E-state index contributed by atoms with van der Waals surface area (Å²) >= 11 is 0. The average Bonchev–Trinajstić information content (AvgIpc) is 2.58. The normalized spacial score (nSPS) is 21.2. The van der Waals surface area contributed by atoms with Crippen molar-refractivity contribution in [2.24, 2.45) is 17.3 Å². The highest BCUT2D eigenvalue weighted by Crippen LogP contribution is 2.28. The van der Waals surface area contributed by atoms with Gasteiger partial charge in [0.2, 0.25) is 5.91 Å². The number of carbonyl (C=O) groups is 2. The van der Waals surface area contributed by atoms with Gasteiger partial charge in [0.15, 0.2) is 0 Å². The van der Waals surface area contributed by atoms with Crippen LogP contribution in [0.4, 0.5) is 0 Å². The van der Waals surface area contributed by atoms with E-state index in [4.69, 9.17) is 4.74 Å². The summed E-state index contributed by atoms with van der Waals surface area (Å²) in [6.45, 7) is 9.10. The van der Waals surface area contributed by atoms with E-state index >= 15 is 0 Å². The first kappa shape index (κ1) is 14.0. The van der Waals surface area contributed by atoms with Gasteiger partial charge < -0.3 is 9.64 Å². The summed E-state index contributed by atoms with van der Waals surface area (Å²) in [7, 11) is 1.38. The van der Waals surface area contributed by atoms with E-state index in [0.29, 0.717) is 24.8 Å². The lowest BCUT2D eigenvalue weighted by Gasteiger charge is -2.28. The Hall–Kier alpha value is -1.06. The number of esters is 1. The minimum absolute atomic E-state index is 0.153. The predicted octanol–water partition coefficient (Wildman–Crippen LogP) is 1.69. The Morgan fingerprint density at radius 1 is 1.53 bits per heavy atom. The Bertz CT molecular complexity index is 310. The van der Waals surface area contributed by atoms with E-state index < -0.39 is 5.41 Å². The second-order valence-corrected chi connectivity index (χ2v) is 5.86. The minimum Gasteiger partial charge on any atom is -0.469 e. The van der Waals surface area contributed by atoms with Gasteiger partial charge in [-0.05, 0) is 25.7 Å². The zero-order valence-corrected chi connectivity index (χ0v) is 11.4. The molecule has 4 heteroatoms. The van der Waals surface area contributed by atoms with Crippen molar-refractivity contribution >= 4 is 11.9 Å². The van der Waals surface area contributed by atoms with Gasteiger partial charge in [-0.2, -0.15) is 0 Å². The first-order valence-electron chi connectivity index (χ1n) is 6.14. The number of amides is 1. The topological polar surface area (TPSA) is 46.6 Å². The van der Waals surface area contributed by atoms with Gasteiger partial charge in [0.05, 0.1) is 12.5 Å². The fraction of sp³-hybridized carbons (Fsp3) is 0.846. The van der Waals surface area contributed by atoms with Crippen LogP contribution < -0.4 is 0 Å². The lowest BCUT2D eigenvalue weighted by Crippen LogP contribution is -2.40. The fourth-order valence-electron chi connectivity index (χ4n) is 2.22. The molecule has 17 heavy (non-hydrogen) atoms. The molecule has 0 aromatic rings. The van der Waals surface area contributed by atoms with Crippen LogP contribution in [0.2, 0.25) is 0 Å². The fourth-order valence-corrected chi connectivity index (χ4v) is 2.22. The quantitative estimate of drug-likeness (QED) is 0.704. The maximum atomic E-state index is 11.9. The average molecular weight is 241 g/mol. The molecule has 1 fully saturated rings. The number of hydrogen-bond donors (Lipinski definition) is 0. The molecular formula is C13H23NO3. The largest absolute Gasteiger partial charge is 0.469 e. The van der Waals surface area contributed by atoms with E-state index in [9.17, 15) is 9.59 Å². The Balaban J connectivity index is 2.64. The first-order chi connectivity index (χ1) is 7.77. The highest BCUT2D eigenvalue weighted by atomic mass is 16.5. The third kappa shape index (κ3) is 3.20. The molecule has 1 aliphatic rings. The van der Waals surface area contributed by atoms with Crippen LogP contribution in [-0.4, -0.2) is 37.0 Å². The summed E-state index contributed by atoms with van der Waals surface area (Å²) in [6, 6.07) is 0. The summed E-state index contributed by atoms with van der Waals surface area (Å²) in [5.74, 6) is 0.806. The standard InChI is InChI=1S/C13H23NO3/c1-9(2)10-6-11(15)14(7-10)8-13(3,4)12(16)17-5/h9-10H,6-8H2,1-5H3. The molecular weight excluding hydrogens is 218 g/mol. The van der Waals surface area contributed by atoms with Gasteiger partial charge in [0.25, 0.3) is 0 Å². The molecule has 0 aromatic heterocycles. The van der Waals surface area contributed by atoms with Crippen molar-refractivity contribution in [3.8, 4) is 0 Å². The molecule has 1 amide bonds. The summed E-state index contributed by atoms with van der Waals surface area (Å²) in [5, 5.41) is 0. The summed E-state index contributed by atoms with van der Waals surface area (Å²) in [6.07, 6.45) is 0.606. The maximum Gasteiger partial charge on any atom is 0.313 e. The first-order valence-corrected chi connectivity index (χ1v) is 6.14. The van der Waals surface area contributed by atoms with E-state index in [0.717, 1.165) is 6.54 Å². The second-order valence-electron chi connectivity index (χ2n) is 5.86. The van der Waals surface area contributed by atoms with Crippen LogP contribution in [0.3, 0.4) is 0 Å². The Kier molecular flexibility index (Phi) is 4.17. The van der Waals surface area contributed by atoms with Gasteiger partial charge in [0, 0.05) is 19.5 Å². The van der Waals surface area contributed by atoms with Crippen molar-refractivity contribution in [2.75, 3.05) is 20.2 Å². The van der Waals surface area contributed by atoms with Crippen LogP contribution in [0.15, 0.2) is 0 Å². The van der Waals surface area contributed by atoms with Gasteiger partial charge in [-0.1, -0.05) is 13.8 Å². The molecule has 1 unspecified atom stereocenters. The number of carbonyl (C=O) groups excluding carboxylic acids is 2. The number of methoxy groups -OCH3 is 1. The monoisotopic (exact) mass is 241 g/mol. The number of likely N-dealkylation sites (tertiary alicyclic amines) is 1. The Labute approximate surface area is 103 Å². The van der Waals surface area contributed by atoms with Crippen molar-refractivity contribution in [1.82, 2.24) is 4.90 Å². The Morgan fingerprint density at radius 3 is 2.53 bits per heavy atom. The minimum atomic E-state index is -0.629. The summed E-state index contributed by atoms with van der Waals surface area (Å²) < 4.78 is 4.76. The van der Waals surface area contributed by atoms with E-state index in [1.165, 1.54) is 7.11 Å². The van der Waals surface area contributed by atoms with Crippen LogP contribution in [-0.2, 0) is 14.3 Å². The molecule has 1 aliphatic heterocycles. The number of ether oxygens (including phenoxy) is 1. The summed E-state index contributed by atoms with van der Waals surface area (Å²) in [4.78, 5) is 25.2. The maximum absolute atomic E-state index is 11.9. The molecule has 4 nitrogen and oxygen atoms in total. The van der Waals surface area contributed by atoms with Crippen molar-refractivity contribution < 1.29 is 14.3 Å². The molecule has 1 atom stereocenters. The van der Waals surface area contributed by atoms with Crippen LogP contribution in [0, 0.1) is 17.3 Å². The second kappa shape index (κ2) is 5.07. The molecule has 1 heterocycles. The van der Waals surface area contributed by atoms with Gasteiger partial charge in [-0.25, -0.2) is 0 Å². The SMILES string of the molecule is COC(=O)C(C)(C)CN1CC(C(C)C)CC1=O. The van der Waals surface area contributed by atoms with Crippen molar-refractivity contribution in [3.05, 3.63) is 0 Å². The zero-order valence-electron chi connectivity index (χ0n) is 11.4. The molecule has 98 valence electrons. The zero-order chi connectivity index (χ0) is 13.2. The highest BCUT2D eigenvalue weighted by molar-refractivity contribution is 5.81. The number of rotatable bonds is 4. The lowest BCUT2D eigenvalue weighted by atomic mass is 9.92. The van der Waals surface area contributed by atoms with Gasteiger partial charge in [0.1, 0.15) is 0 Å². The third-order valence-electron chi connectivity index (χ3n) is 3.51. The molecule has 0 spiro atoms. The molecule has 0 aromatic carbocycles. The van der Waals surface area contributed by atoms with Crippen LogP contribution >= 0.6 is 0 Å². The van der Waals surface area contributed by atoms with E-state index in [-0.39, 0.29) is 11.9 Å². The van der Waals surface area contributed by atoms with Crippen molar-refractivity contribution in [3.63, 3.8) is 0 Å². The van der Waals surface area contributed by atoms with E-state index in [1.54, 1.807) is 4.90 Å². The molecule has 1 rings (SSSR count). The Morgan fingerprint density at radius 2 is 2.12 bits per heavy atom. The van der Waals surface area contributed by atoms with Gasteiger partial charge in [-0.3, -0.25) is 9.59 Å². The molecule has 0 aliphatic carbocycles. The summed E-state index contributed by atoms with van der Waals surface area (Å²) in [5.41, 5.74) is -0.629. The molecule has 0 radical (unpaired) electrons. The molecule has 0 N–H and O–H groups in total. The number of nitrogens with zero attached hydrogens (tertiary/aromatic N) is 1. The predicted molar refractivity (Wildman–Crippen MR) is 65.3 cm³/mol. The molecule has 1 saturated heterocycles. The van der Waals surface area contributed by atoms with E-state index in [2.05, 4.69) is 13.8 Å². The van der Waals surface area contributed by atoms with Crippen molar-refractivity contribution in [2.45, 2.75) is 34.1 Å². The highest BCUT2D eigenvalue weighted by Gasteiger charge is 2.38. The van der Waals surface area contributed by atoms with Crippen LogP contribution in [0.25, 0.3) is 0 Å². The third-order valence-corrected chi connectivity index (χ3v) is 3.51. The van der Waals surface area contributed by atoms with Gasteiger partial charge in [-0.15, -0.1) is 0 Å². The van der Waals surface area contributed by atoms with Gasteiger partial charge >= 0.3 is 5.97 Å². The van der Waals surface area contributed by atoms with E-state index in [1.807, 2.05) is 13.8 Å².